The molecular formula is C24H33N3O3. The van der Waals surface area contributed by atoms with Crippen LogP contribution >= 0.6 is 0 Å². The summed E-state index contributed by atoms with van der Waals surface area (Å²) in [4.78, 5) is 41.3. The molecule has 0 unspecified atom stereocenters. The number of piperidine rings is 1. The van der Waals surface area contributed by atoms with Crippen LogP contribution in [0, 0.1) is 11.8 Å². The first-order chi connectivity index (χ1) is 14.6. The summed E-state index contributed by atoms with van der Waals surface area (Å²) in [6, 6.07) is 8.26. The molecule has 30 heavy (non-hydrogen) atoms. The van der Waals surface area contributed by atoms with Gasteiger partial charge in [0.05, 0.1) is 11.8 Å². The maximum atomic E-state index is 12.5. The Morgan fingerprint density at radius 2 is 1.53 bits per heavy atom. The van der Waals surface area contributed by atoms with Crippen LogP contribution in [0.4, 0.5) is 0 Å². The zero-order chi connectivity index (χ0) is 20.9. The zero-order valence-corrected chi connectivity index (χ0v) is 17.8. The molecule has 0 bridgehead atoms. The van der Waals surface area contributed by atoms with E-state index in [0.29, 0.717) is 6.54 Å². The van der Waals surface area contributed by atoms with Crippen molar-refractivity contribution in [1.29, 1.82) is 0 Å². The molecule has 162 valence electrons. The van der Waals surface area contributed by atoms with Crippen LogP contribution in [-0.4, -0.2) is 47.2 Å². The molecule has 2 aliphatic heterocycles. The molecule has 3 fully saturated rings. The molecule has 0 spiro atoms. The van der Waals surface area contributed by atoms with Crippen molar-refractivity contribution in [3.8, 4) is 0 Å². The second kappa shape index (κ2) is 9.73. The Morgan fingerprint density at radius 1 is 0.900 bits per heavy atom. The molecule has 1 aliphatic carbocycles. The Kier molecular flexibility index (Phi) is 6.82. The maximum Gasteiger partial charge on any atom is 0.233 e. The van der Waals surface area contributed by atoms with Crippen LogP contribution in [0.3, 0.4) is 0 Å². The van der Waals surface area contributed by atoms with Crippen molar-refractivity contribution in [3.05, 3.63) is 35.4 Å². The standard InChI is InChI=1S/C24H33N3O3/c28-22(12-15-27-23(29)20-10-4-5-11-21(20)24(27)30)25-16-18-8-2-3-9-19(18)17-26-13-6-1-7-14-26/h2-3,8-9,20-21H,1,4-7,10-17H2,(H,25,28)/t20-,21-/m0/s1. The smallest absolute Gasteiger partial charge is 0.233 e. The van der Waals surface area contributed by atoms with Gasteiger partial charge in [-0.3, -0.25) is 24.2 Å². The first-order valence-electron chi connectivity index (χ1n) is 11.5. The fourth-order valence-electron chi connectivity index (χ4n) is 5.19. The van der Waals surface area contributed by atoms with E-state index in [9.17, 15) is 14.4 Å². The monoisotopic (exact) mass is 411 g/mol. The van der Waals surface area contributed by atoms with Gasteiger partial charge in [0.1, 0.15) is 0 Å². The van der Waals surface area contributed by atoms with Gasteiger partial charge in [0, 0.05) is 26.1 Å². The van der Waals surface area contributed by atoms with Crippen molar-refractivity contribution in [1.82, 2.24) is 15.1 Å². The van der Waals surface area contributed by atoms with Gasteiger partial charge in [0.25, 0.3) is 0 Å². The minimum Gasteiger partial charge on any atom is -0.352 e. The number of nitrogens with zero attached hydrogens (tertiary/aromatic N) is 2. The number of amides is 3. The third-order valence-corrected chi connectivity index (χ3v) is 6.93. The summed E-state index contributed by atoms with van der Waals surface area (Å²) in [5.41, 5.74) is 2.39. The van der Waals surface area contributed by atoms with Gasteiger partial charge in [-0.05, 0) is 49.9 Å². The Hall–Kier alpha value is -2.21. The molecule has 1 aromatic carbocycles. The van der Waals surface area contributed by atoms with Crippen LogP contribution in [0.25, 0.3) is 0 Å². The number of nitrogens with one attached hydrogen (secondary N) is 1. The van der Waals surface area contributed by atoms with Crippen molar-refractivity contribution in [3.63, 3.8) is 0 Å². The van der Waals surface area contributed by atoms with Crippen molar-refractivity contribution in [2.24, 2.45) is 11.8 Å². The number of carbonyl (C=O) groups excluding carboxylic acids is 3. The van der Waals surface area contributed by atoms with Gasteiger partial charge in [-0.1, -0.05) is 43.5 Å². The lowest BCUT2D eigenvalue weighted by molar-refractivity contribution is -0.140. The van der Waals surface area contributed by atoms with Crippen molar-refractivity contribution in [2.45, 2.75) is 64.5 Å². The van der Waals surface area contributed by atoms with E-state index >= 15 is 0 Å². The average molecular weight is 412 g/mol. The Bertz CT molecular complexity index is 764. The Labute approximate surface area is 179 Å². The quantitative estimate of drug-likeness (QED) is 0.701. The second-order valence-electron chi connectivity index (χ2n) is 8.96. The van der Waals surface area contributed by atoms with Gasteiger partial charge in [0.2, 0.25) is 17.7 Å². The molecular weight excluding hydrogens is 378 g/mol. The van der Waals surface area contributed by atoms with Crippen LogP contribution in [0.2, 0.25) is 0 Å². The van der Waals surface area contributed by atoms with Crippen LogP contribution in [0.5, 0.6) is 0 Å². The number of rotatable bonds is 7. The normalized spacial score (nSPS) is 24.7. The van der Waals surface area contributed by atoms with E-state index < -0.39 is 0 Å². The first-order valence-corrected chi connectivity index (χ1v) is 11.5. The second-order valence-corrected chi connectivity index (χ2v) is 8.96. The van der Waals surface area contributed by atoms with Crippen LogP contribution in [0.15, 0.2) is 24.3 Å². The lowest BCUT2D eigenvalue weighted by Crippen LogP contribution is -2.35. The molecule has 6 heteroatoms. The fraction of sp³-hybridized carbons (Fsp3) is 0.625. The number of carbonyl (C=O) groups is 3. The van der Waals surface area contributed by atoms with Gasteiger partial charge in [-0.25, -0.2) is 0 Å². The average Bonchev–Trinajstić information content (AvgIpc) is 3.02. The maximum absolute atomic E-state index is 12.5. The summed E-state index contributed by atoms with van der Waals surface area (Å²) in [7, 11) is 0. The minimum absolute atomic E-state index is 0.0654. The molecule has 2 heterocycles. The number of hydrogen-bond donors (Lipinski definition) is 1. The Morgan fingerprint density at radius 3 is 2.20 bits per heavy atom. The summed E-state index contributed by atoms with van der Waals surface area (Å²) in [5, 5.41) is 2.99. The topological polar surface area (TPSA) is 69.7 Å². The summed E-state index contributed by atoms with van der Waals surface area (Å²) in [6.07, 6.45) is 7.67. The number of likely N-dealkylation sites (tertiary alicyclic amines) is 2. The van der Waals surface area contributed by atoms with Gasteiger partial charge in [-0.15, -0.1) is 0 Å². The third-order valence-electron chi connectivity index (χ3n) is 6.93. The highest BCUT2D eigenvalue weighted by atomic mass is 16.2. The SMILES string of the molecule is O=C(CCN1C(=O)[C@H]2CCCC[C@@H]2C1=O)NCc1ccccc1CN1CCCCC1. The largest absolute Gasteiger partial charge is 0.352 e. The lowest BCUT2D eigenvalue weighted by atomic mass is 9.81. The number of hydrogen-bond acceptors (Lipinski definition) is 4. The molecule has 4 rings (SSSR count). The first kappa shape index (κ1) is 21.0. The van der Waals surface area contributed by atoms with Crippen LogP contribution < -0.4 is 5.32 Å². The summed E-state index contributed by atoms with van der Waals surface area (Å²) >= 11 is 0. The predicted molar refractivity (Wildman–Crippen MR) is 114 cm³/mol. The van der Waals surface area contributed by atoms with Crippen LogP contribution in [0.1, 0.15) is 62.5 Å². The van der Waals surface area contributed by atoms with E-state index in [0.717, 1.165) is 50.9 Å². The highest BCUT2D eigenvalue weighted by Gasteiger charge is 2.47. The number of benzene rings is 1. The van der Waals surface area contributed by atoms with E-state index in [2.05, 4.69) is 28.4 Å². The van der Waals surface area contributed by atoms with E-state index in [1.54, 1.807) is 0 Å². The molecule has 1 aromatic rings. The zero-order valence-electron chi connectivity index (χ0n) is 17.8. The van der Waals surface area contributed by atoms with Crippen molar-refractivity contribution >= 4 is 17.7 Å². The number of imide groups is 1. The van der Waals surface area contributed by atoms with Crippen molar-refractivity contribution < 1.29 is 14.4 Å². The minimum atomic E-state index is -0.143. The summed E-state index contributed by atoms with van der Waals surface area (Å²) in [6.45, 7) is 3.88. The molecule has 1 N–H and O–H groups in total. The van der Waals surface area contributed by atoms with E-state index in [1.165, 1.54) is 29.7 Å². The fourth-order valence-corrected chi connectivity index (χ4v) is 5.19. The molecule has 1 saturated carbocycles. The Balaban J connectivity index is 1.27. The van der Waals surface area contributed by atoms with E-state index in [-0.39, 0.29) is 42.5 Å². The predicted octanol–water partition coefficient (Wildman–Crippen LogP) is 2.85. The van der Waals surface area contributed by atoms with E-state index in [1.807, 2.05) is 6.07 Å². The summed E-state index contributed by atoms with van der Waals surface area (Å²) in [5.74, 6) is -0.529. The van der Waals surface area contributed by atoms with Crippen LogP contribution in [-0.2, 0) is 27.5 Å². The van der Waals surface area contributed by atoms with Gasteiger partial charge >= 0.3 is 0 Å². The molecule has 0 aromatic heterocycles. The molecule has 3 aliphatic rings. The molecule has 6 nitrogen and oxygen atoms in total. The van der Waals surface area contributed by atoms with Gasteiger partial charge < -0.3 is 5.32 Å². The number of fused-ring (bicyclic) bond motifs is 1. The van der Waals surface area contributed by atoms with Gasteiger partial charge in [0.15, 0.2) is 0 Å². The molecule has 0 radical (unpaired) electrons. The van der Waals surface area contributed by atoms with Gasteiger partial charge in [-0.2, -0.15) is 0 Å². The lowest BCUT2D eigenvalue weighted by Gasteiger charge is -2.27. The summed E-state index contributed by atoms with van der Waals surface area (Å²) < 4.78 is 0. The van der Waals surface area contributed by atoms with Crippen molar-refractivity contribution in [2.75, 3.05) is 19.6 Å². The van der Waals surface area contributed by atoms with E-state index in [4.69, 9.17) is 0 Å². The highest BCUT2D eigenvalue weighted by molar-refractivity contribution is 6.05. The molecule has 3 amide bonds. The third kappa shape index (κ3) is 4.75. The molecule has 2 atom stereocenters. The highest BCUT2D eigenvalue weighted by Crippen LogP contribution is 2.37. The molecule has 2 saturated heterocycles.